The number of nitro groups is 1. The fraction of sp³-hybridized carbons (Fsp3) is 0.222. The van der Waals surface area contributed by atoms with Crippen molar-refractivity contribution in [2.45, 2.75) is 13.8 Å². The van der Waals surface area contributed by atoms with Gasteiger partial charge in [0.25, 0.3) is 11.6 Å². The summed E-state index contributed by atoms with van der Waals surface area (Å²) in [5.41, 5.74) is 0.0217. The normalized spacial score (nSPS) is 10.1. The highest BCUT2D eigenvalue weighted by atomic mass is 35.5. The Kier molecular flexibility index (Phi) is 6.78. The number of hydrogen-bond acceptors (Lipinski definition) is 6. The van der Waals surface area contributed by atoms with Crippen molar-refractivity contribution in [3.8, 4) is 11.5 Å². The summed E-state index contributed by atoms with van der Waals surface area (Å²) >= 11 is 6.13. The van der Waals surface area contributed by atoms with Gasteiger partial charge in [0.2, 0.25) is 5.91 Å². The van der Waals surface area contributed by atoms with E-state index in [9.17, 15) is 19.7 Å². The van der Waals surface area contributed by atoms with Crippen LogP contribution in [-0.4, -0.2) is 30.5 Å². The van der Waals surface area contributed by atoms with E-state index in [1.807, 2.05) is 0 Å². The summed E-state index contributed by atoms with van der Waals surface area (Å²) < 4.78 is 10.5. The Labute approximate surface area is 165 Å². The summed E-state index contributed by atoms with van der Waals surface area (Å²) in [6, 6.07) is 6.84. The van der Waals surface area contributed by atoms with Gasteiger partial charge in [-0.1, -0.05) is 11.6 Å². The maximum Gasteiger partial charge on any atom is 0.286 e. The van der Waals surface area contributed by atoms with Gasteiger partial charge >= 0.3 is 0 Å². The molecule has 0 heterocycles. The molecule has 0 fully saturated rings. The lowest BCUT2D eigenvalue weighted by molar-refractivity contribution is -0.385. The second kappa shape index (κ2) is 9.05. The number of carbonyl (C=O) groups is 2. The number of benzene rings is 2. The van der Waals surface area contributed by atoms with Crippen LogP contribution in [-0.2, 0) is 4.79 Å². The molecule has 0 bridgehead atoms. The minimum absolute atomic E-state index is 0.141. The van der Waals surface area contributed by atoms with Gasteiger partial charge in [0, 0.05) is 18.7 Å². The van der Waals surface area contributed by atoms with Gasteiger partial charge in [-0.3, -0.25) is 19.7 Å². The predicted molar refractivity (Wildman–Crippen MR) is 105 cm³/mol. The third-order valence-corrected chi connectivity index (χ3v) is 3.87. The van der Waals surface area contributed by atoms with Crippen molar-refractivity contribution in [2.24, 2.45) is 0 Å². The van der Waals surface area contributed by atoms with E-state index >= 15 is 0 Å². The molecule has 0 atom stereocenters. The molecule has 0 aliphatic rings. The largest absolute Gasteiger partial charge is 0.493 e. The van der Waals surface area contributed by atoms with Crippen LogP contribution in [0, 0.1) is 10.1 Å². The van der Waals surface area contributed by atoms with Gasteiger partial charge in [0.05, 0.1) is 35.4 Å². The first kappa shape index (κ1) is 21.0. The molecule has 10 heteroatoms. The fourth-order valence-electron chi connectivity index (χ4n) is 2.40. The molecule has 2 rings (SSSR count). The van der Waals surface area contributed by atoms with Crippen LogP contribution in [0.3, 0.4) is 0 Å². The molecule has 0 saturated heterocycles. The SMILES string of the molecule is CCOc1cc(C(=O)Nc2ccc(NC(C)=O)cc2Cl)c([N+](=O)[O-])cc1OC. The standard InChI is InChI=1S/C18H18ClN3O6/c1-4-28-17-8-12(15(22(25)26)9-16(17)27-3)18(24)21-14-6-5-11(7-13(14)19)20-10(2)23/h5-9H,4H2,1-3H3,(H,20,23)(H,21,24). The maximum atomic E-state index is 12.7. The second-order valence-corrected chi connectivity index (χ2v) is 5.95. The average Bonchev–Trinajstić information content (AvgIpc) is 2.63. The Hall–Kier alpha value is -3.33. The molecule has 2 amide bonds. The van der Waals surface area contributed by atoms with E-state index < -0.39 is 16.5 Å². The summed E-state index contributed by atoms with van der Waals surface area (Å²) in [5, 5.41) is 16.6. The maximum absolute atomic E-state index is 12.7. The van der Waals surface area contributed by atoms with Crippen molar-refractivity contribution >= 4 is 40.5 Å². The van der Waals surface area contributed by atoms with Crippen molar-refractivity contribution in [3.63, 3.8) is 0 Å². The Bertz CT molecular complexity index is 932. The molecule has 28 heavy (non-hydrogen) atoms. The van der Waals surface area contributed by atoms with Crippen molar-refractivity contribution in [1.82, 2.24) is 0 Å². The van der Waals surface area contributed by atoms with E-state index in [2.05, 4.69) is 10.6 Å². The Balaban J connectivity index is 2.39. The van der Waals surface area contributed by atoms with E-state index in [0.29, 0.717) is 5.69 Å². The number of methoxy groups -OCH3 is 1. The third kappa shape index (κ3) is 4.89. The average molecular weight is 408 g/mol. The van der Waals surface area contributed by atoms with E-state index in [0.717, 1.165) is 6.07 Å². The van der Waals surface area contributed by atoms with Gasteiger partial charge in [-0.25, -0.2) is 0 Å². The van der Waals surface area contributed by atoms with E-state index in [1.54, 1.807) is 6.92 Å². The first-order chi connectivity index (χ1) is 13.3. The lowest BCUT2D eigenvalue weighted by Crippen LogP contribution is -2.15. The van der Waals surface area contributed by atoms with Crippen molar-refractivity contribution in [1.29, 1.82) is 0 Å². The Morgan fingerprint density at radius 1 is 1.18 bits per heavy atom. The molecule has 0 aliphatic heterocycles. The number of anilines is 2. The second-order valence-electron chi connectivity index (χ2n) is 5.54. The molecular formula is C18H18ClN3O6. The van der Waals surface area contributed by atoms with Gasteiger partial charge in [0.1, 0.15) is 5.56 Å². The van der Waals surface area contributed by atoms with Crippen LogP contribution in [0.4, 0.5) is 17.1 Å². The van der Waals surface area contributed by atoms with Crippen molar-refractivity contribution < 1.29 is 24.0 Å². The number of nitrogens with one attached hydrogen (secondary N) is 2. The first-order valence-corrected chi connectivity index (χ1v) is 8.52. The number of hydrogen-bond donors (Lipinski definition) is 2. The van der Waals surface area contributed by atoms with Crippen LogP contribution in [0.25, 0.3) is 0 Å². The highest BCUT2D eigenvalue weighted by Gasteiger charge is 2.25. The quantitative estimate of drug-likeness (QED) is 0.531. The number of amides is 2. The van der Waals surface area contributed by atoms with Gasteiger partial charge in [-0.15, -0.1) is 0 Å². The molecule has 2 aromatic carbocycles. The molecule has 0 aliphatic carbocycles. The van der Waals surface area contributed by atoms with Crippen molar-refractivity contribution in [3.05, 3.63) is 51.0 Å². The Morgan fingerprint density at radius 3 is 2.43 bits per heavy atom. The topological polar surface area (TPSA) is 120 Å². The van der Waals surface area contributed by atoms with E-state index in [1.165, 1.54) is 38.3 Å². The minimum atomic E-state index is -0.746. The summed E-state index contributed by atoms with van der Waals surface area (Å²) in [4.78, 5) is 34.5. The van der Waals surface area contributed by atoms with Crippen LogP contribution in [0.1, 0.15) is 24.2 Å². The zero-order valence-corrected chi connectivity index (χ0v) is 16.1. The summed E-state index contributed by atoms with van der Waals surface area (Å²) in [6.07, 6.45) is 0. The molecule has 2 aromatic rings. The van der Waals surface area contributed by atoms with Gasteiger partial charge in [-0.2, -0.15) is 0 Å². The predicted octanol–water partition coefficient (Wildman–Crippen LogP) is 3.87. The number of ether oxygens (including phenoxy) is 2. The molecule has 9 nitrogen and oxygen atoms in total. The summed E-state index contributed by atoms with van der Waals surface area (Å²) in [5.74, 6) is -0.676. The first-order valence-electron chi connectivity index (χ1n) is 8.14. The highest BCUT2D eigenvalue weighted by Crippen LogP contribution is 2.35. The lowest BCUT2D eigenvalue weighted by atomic mass is 10.1. The molecule has 148 valence electrons. The molecule has 0 spiro atoms. The zero-order valence-electron chi connectivity index (χ0n) is 15.4. The number of rotatable bonds is 7. The minimum Gasteiger partial charge on any atom is -0.493 e. The van der Waals surface area contributed by atoms with Crippen LogP contribution < -0.4 is 20.1 Å². The van der Waals surface area contributed by atoms with Crippen molar-refractivity contribution in [2.75, 3.05) is 24.4 Å². The summed E-state index contributed by atoms with van der Waals surface area (Å²) in [6.45, 7) is 3.37. The number of nitro benzene ring substituents is 1. The summed E-state index contributed by atoms with van der Waals surface area (Å²) in [7, 11) is 1.34. The van der Waals surface area contributed by atoms with Gasteiger partial charge in [0.15, 0.2) is 11.5 Å². The monoisotopic (exact) mass is 407 g/mol. The van der Waals surface area contributed by atoms with E-state index in [-0.39, 0.29) is 40.3 Å². The fourth-order valence-corrected chi connectivity index (χ4v) is 2.62. The van der Waals surface area contributed by atoms with Crippen LogP contribution in [0.2, 0.25) is 5.02 Å². The van der Waals surface area contributed by atoms with Crippen LogP contribution in [0.5, 0.6) is 11.5 Å². The lowest BCUT2D eigenvalue weighted by Gasteiger charge is -2.13. The van der Waals surface area contributed by atoms with E-state index in [4.69, 9.17) is 21.1 Å². The molecule has 0 saturated carbocycles. The Morgan fingerprint density at radius 2 is 1.89 bits per heavy atom. The smallest absolute Gasteiger partial charge is 0.286 e. The van der Waals surface area contributed by atoms with Gasteiger partial charge < -0.3 is 20.1 Å². The van der Waals surface area contributed by atoms with Crippen LogP contribution in [0.15, 0.2) is 30.3 Å². The van der Waals surface area contributed by atoms with Gasteiger partial charge in [-0.05, 0) is 25.1 Å². The molecule has 0 aromatic heterocycles. The zero-order chi connectivity index (χ0) is 20.8. The molecule has 2 N–H and O–H groups in total. The molecule has 0 unspecified atom stereocenters. The van der Waals surface area contributed by atoms with Crippen LogP contribution >= 0.6 is 11.6 Å². The molecule has 0 radical (unpaired) electrons. The number of carbonyl (C=O) groups excluding carboxylic acids is 2. The highest BCUT2D eigenvalue weighted by molar-refractivity contribution is 6.34. The third-order valence-electron chi connectivity index (χ3n) is 3.56. The number of nitrogens with zero attached hydrogens (tertiary/aromatic N) is 1. The number of halogens is 1. The molecular weight excluding hydrogens is 390 g/mol.